The largest absolute Gasteiger partial charge is 0.457 e. The highest BCUT2D eigenvalue weighted by Gasteiger charge is 2.46. The van der Waals surface area contributed by atoms with Crippen LogP contribution in [0.3, 0.4) is 0 Å². The number of hydrogen-bond donors (Lipinski definition) is 0. The van der Waals surface area contributed by atoms with Gasteiger partial charge < -0.3 is 14.4 Å². The van der Waals surface area contributed by atoms with Crippen LogP contribution < -0.4 is 9.64 Å². The first kappa shape index (κ1) is 12.7. The molecule has 0 radical (unpaired) electrons. The molecule has 2 aromatic carbocycles. The van der Waals surface area contributed by atoms with Crippen molar-refractivity contribution in [3.63, 3.8) is 0 Å². The Morgan fingerprint density at radius 3 is 2.10 bits per heavy atom. The maximum Gasteiger partial charge on any atom is 0.127 e. The lowest BCUT2D eigenvalue weighted by Crippen LogP contribution is -2.37. The average Bonchev–Trinajstić information content (AvgIpc) is 3.29. The van der Waals surface area contributed by atoms with E-state index in [2.05, 4.69) is 17.0 Å². The van der Waals surface area contributed by atoms with Crippen molar-refractivity contribution in [1.29, 1.82) is 0 Å². The van der Waals surface area contributed by atoms with E-state index in [0.29, 0.717) is 0 Å². The van der Waals surface area contributed by atoms with Gasteiger partial charge in [-0.25, -0.2) is 0 Å². The Morgan fingerprint density at radius 2 is 1.48 bits per heavy atom. The van der Waals surface area contributed by atoms with Crippen LogP contribution in [0.2, 0.25) is 0 Å². The lowest BCUT2D eigenvalue weighted by Gasteiger charge is -2.32. The zero-order valence-corrected chi connectivity index (χ0v) is 12.0. The van der Waals surface area contributed by atoms with E-state index in [9.17, 15) is 0 Å². The summed E-state index contributed by atoms with van der Waals surface area (Å²) in [7, 11) is 0. The minimum atomic E-state index is 0.243. The van der Waals surface area contributed by atoms with Gasteiger partial charge in [0.25, 0.3) is 0 Å². The van der Waals surface area contributed by atoms with Gasteiger partial charge in [-0.15, -0.1) is 0 Å². The van der Waals surface area contributed by atoms with Gasteiger partial charge in [0.2, 0.25) is 0 Å². The van der Waals surface area contributed by atoms with Crippen LogP contribution in [0.4, 0.5) is 5.69 Å². The predicted octanol–water partition coefficient (Wildman–Crippen LogP) is 3.85. The van der Waals surface area contributed by atoms with Crippen molar-refractivity contribution in [2.75, 3.05) is 24.6 Å². The number of epoxide rings is 1. The number of ether oxygens (including phenoxy) is 2. The first-order chi connectivity index (χ1) is 10.3. The van der Waals surface area contributed by atoms with Gasteiger partial charge in [-0.1, -0.05) is 18.2 Å². The predicted molar refractivity (Wildman–Crippen MR) is 83.1 cm³/mol. The zero-order chi connectivity index (χ0) is 14.1. The molecule has 3 heteroatoms. The first-order valence-electron chi connectivity index (χ1n) is 7.55. The van der Waals surface area contributed by atoms with E-state index < -0.39 is 0 Å². The van der Waals surface area contributed by atoms with Gasteiger partial charge in [0.05, 0.1) is 12.2 Å². The van der Waals surface area contributed by atoms with Gasteiger partial charge in [0, 0.05) is 18.8 Å². The van der Waals surface area contributed by atoms with Crippen molar-refractivity contribution >= 4 is 5.69 Å². The molecule has 0 aromatic heterocycles. The molecule has 2 saturated heterocycles. The molecule has 0 amide bonds. The number of hydrogen-bond acceptors (Lipinski definition) is 3. The monoisotopic (exact) mass is 281 g/mol. The number of nitrogens with zero attached hydrogens (tertiary/aromatic N) is 1. The summed E-state index contributed by atoms with van der Waals surface area (Å²) in [4.78, 5) is 2.43. The Bertz CT molecular complexity index is 595. The molecule has 0 saturated carbocycles. The molecule has 4 rings (SSSR count). The highest BCUT2D eigenvalue weighted by molar-refractivity contribution is 5.50. The van der Waals surface area contributed by atoms with E-state index in [0.717, 1.165) is 44.0 Å². The third-order valence-corrected chi connectivity index (χ3v) is 4.41. The number of anilines is 1. The van der Waals surface area contributed by atoms with Crippen molar-refractivity contribution in [2.24, 2.45) is 0 Å². The lowest BCUT2D eigenvalue weighted by molar-refractivity contribution is 0.258. The second-order valence-electron chi connectivity index (χ2n) is 5.87. The number of para-hydroxylation sites is 1. The summed E-state index contributed by atoms with van der Waals surface area (Å²) in [6, 6.07) is 18.2. The minimum absolute atomic E-state index is 0.243. The van der Waals surface area contributed by atoms with Crippen molar-refractivity contribution in [1.82, 2.24) is 0 Å². The summed E-state index contributed by atoms with van der Waals surface area (Å²) in [5.41, 5.74) is 1.51. The Morgan fingerprint density at radius 1 is 0.857 bits per heavy atom. The SMILES string of the molecule is c1ccc(Oc2ccc(N3CCC4(CC3)CO4)cc2)cc1. The molecule has 2 aliphatic rings. The second-order valence-corrected chi connectivity index (χ2v) is 5.87. The Labute approximate surface area is 125 Å². The third kappa shape index (κ3) is 2.74. The van der Waals surface area contributed by atoms with E-state index in [4.69, 9.17) is 9.47 Å². The van der Waals surface area contributed by atoms with Crippen LogP contribution in [-0.2, 0) is 4.74 Å². The summed E-state index contributed by atoms with van der Waals surface area (Å²) >= 11 is 0. The molecule has 2 heterocycles. The summed E-state index contributed by atoms with van der Waals surface area (Å²) in [5.74, 6) is 1.75. The quantitative estimate of drug-likeness (QED) is 0.799. The molecule has 108 valence electrons. The fourth-order valence-corrected chi connectivity index (χ4v) is 2.91. The number of benzene rings is 2. The maximum absolute atomic E-state index is 5.83. The highest BCUT2D eigenvalue weighted by Crippen LogP contribution is 2.39. The van der Waals surface area contributed by atoms with Crippen molar-refractivity contribution in [3.8, 4) is 11.5 Å². The van der Waals surface area contributed by atoms with Crippen LogP contribution in [0.5, 0.6) is 11.5 Å². The fourth-order valence-electron chi connectivity index (χ4n) is 2.91. The van der Waals surface area contributed by atoms with E-state index in [1.165, 1.54) is 5.69 Å². The first-order valence-corrected chi connectivity index (χ1v) is 7.55. The van der Waals surface area contributed by atoms with Crippen molar-refractivity contribution < 1.29 is 9.47 Å². The molecule has 1 spiro atoms. The molecule has 3 nitrogen and oxygen atoms in total. The average molecular weight is 281 g/mol. The van der Waals surface area contributed by atoms with E-state index >= 15 is 0 Å². The maximum atomic E-state index is 5.83. The van der Waals surface area contributed by atoms with E-state index in [-0.39, 0.29) is 5.60 Å². The summed E-state index contributed by atoms with van der Waals surface area (Å²) in [6.07, 6.45) is 2.30. The third-order valence-electron chi connectivity index (χ3n) is 4.41. The fraction of sp³-hybridized carbons (Fsp3) is 0.333. The molecule has 0 bridgehead atoms. The lowest BCUT2D eigenvalue weighted by atomic mass is 9.97. The van der Waals surface area contributed by atoms with Crippen LogP contribution in [0.15, 0.2) is 54.6 Å². The van der Waals surface area contributed by atoms with Crippen LogP contribution in [0.1, 0.15) is 12.8 Å². The van der Waals surface area contributed by atoms with Gasteiger partial charge >= 0.3 is 0 Å². The summed E-state index contributed by atoms with van der Waals surface area (Å²) in [5, 5.41) is 0. The molecule has 0 N–H and O–H groups in total. The Hall–Kier alpha value is -2.00. The van der Waals surface area contributed by atoms with Crippen LogP contribution in [0, 0.1) is 0 Å². The molecular formula is C18H19NO2. The van der Waals surface area contributed by atoms with Gasteiger partial charge in [-0.3, -0.25) is 0 Å². The number of rotatable bonds is 3. The molecule has 2 aliphatic heterocycles. The summed E-state index contributed by atoms with van der Waals surface area (Å²) in [6.45, 7) is 3.13. The highest BCUT2D eigenvalue weighted by atomic mass is 16.6. The smallest absolute Gasteiger partial charge is 0.127 e. The second kappa shape index (κ2) is 5.08. The molecule has 2 aromatic rings. The van der Waals surface area contributed by atoms with Gasteiger partial charge in [-0.2, -0.15) is 0 Å². The van der Waals surface area contributed by atoms with Crippen LogP contribution in [-0.4, -0.2) is 25.3 Å². The number of piperidine rings is 1. The minimum Gasteiger partial charge on any atom is -0.457 e. The van der Waals surface area contributed by atoms with E-state index in [1.807, 2.05) is 42.5 Å². The molecule has 21 heavy (non-hydrogen) atoms. The van der Waals surface area contributed by atoms with Crippen LogP contribution >= 0.6 is 0 Å². The molecular weight excluding hydrogens is 262 g/mol. The summed E-state index contributed by atoms with van der Waals surface area (Å²) < 4.78 is 11.4. The van der Waals surface area contributed by atoms with Gasteiger partial charge in [-0.05, 0) is 49.2 Å². The normalized spacial score (nSPS) is 19.5. The standard InChI is InChI=1S/C18H19NO2/c1-2-4-16(5-3-1)21-17-8-6-15(7-9-17)19-12-10-18(11-13-19)14-20-18/h1-9H,10-14H2. The molecule has 0 unspecified atom stereocenters. The molecule has 0 aliphatic carbocycles. The van der Waals surface area contributed by atoms with Gasteiger partial charge in [0.1, 0.15) is 11.5 Å². The van der Waals surface area contributed by atoms with Crippen molar-refractivity contribution in [2.45, 2.75) is 18.4 Å². The Balaban J connectivity index is 1.41. The van der Waals surface area contributed by atoms with Crippen LogP contribution in [0.25, 0.3) is 0 Å². The van der Waals surface area contributed by atoms with Crippen molar-refractivity contribution in [3.05, 3.63) is 54.6 Å². The Kier molecular flexibility index (Phi) is 3.08. The zero-order valence-electron chi connectivity index (χ0n) is 12.0. The van der Waals surface area contributed by atoms with Gasteiger partial charge in [0.15, 0.2) is 0 Å². The van der Waals surface area contributed by atoms with E-state index in [1.54, 1.807) is 0 Å². The molecule has 0 atom stereocenters. The molecule has 2 fully saturated rings. The topological polar surface area (TPSA) is 25.0 Å².